The molecule has 0 bridgehead atoms. The Kier molecular flexibility index (Phi) is 8.02. The normalized spacial score (nSPS) is 22.2. The molecule has 1 fully saturated rings. The molecule has 8 heteroatoms. The highest BCUT2D eigenvalue weighted by Gasteiger charge is 2.45. The summed E-state index contributed by atoms with van der Waals surface area (Å²) in [5, 5.41) is 9.74. The van der Waals surface area contributed by atoms with Gasteiger partial charge in [-0.05, 0) is 48.4 Å². The molecule has 0 aromatic heterocycles. The van der Waals surface area contributed by atoms with Crippen LogP contribution >= 0.6 is 11.8 Å². The van der Waals surface area contributed by atoms with Crippen LogP contribution < -0.4 is 4.74 Å². The van der Waals surface area contributed by atoms with E-state index in [1.165, 1.54) is 4.31 Å². The van der Waals surface area contributed by atoms with E-state index in [9.17, 15) is 18.3 Å². The van der Waals surface area contributed by atoms with E-state index in [2.05, 4.69) is 6.92 Å². The Morgan fingerprint density at radius 1 is 1.16 bits per heavy atom. The molecular weight excluding hydrogens is 434 g/mol. The number of aliphatic carboxylic acids is 1. The number of nitrogens with zero attached hydrogens (tertiary/aromatic N) is 1. The molecule has 31 heavy (non-hydrogen) atoms. The van der Waals surface area contributed by atoms with Crippen molar-refractivity contribution in [2.24, 2.45) is 5.92 Å². The molecule has 6 nitrogen and oxygen atoms in total. The lowest BCUT2D eigenvalue weighted by Crippen LogP contribution is -2.49. The van der Waals surface area contributed by atoms with E-state index in [-0.39, 0.29) is 16.7 Å². The van der Waals surface area contributed by atoms with E-state index in [0.29, 0.717) is 12.2 Å². The molecule has 0 aliphatic carbocycles. The zero-order chi connectivity index (χ0) is 22.4. The largest absolute Gasteiger partial charge is 0.497 e. The van der Waals surface area contributed by atoms with Crippen molar-refractivity contribution in [2.75, 3.05) is 19.4 Å². The number of methoxy groups -OCH3 is 1. The Morgan fingerprint density at radius 2 is 1.84 bits per heavy atom. The van der Waals surface area contributed by atoms with Gasteiger partial charge in [-0.1, -0.05) is 43.7 Å². The Balaban J connectivity index is 2.01. The number of ether oxygens (including phenoxy) is 1. The molecule has 2 aromatic carbocycles. The lowest BCUT2D eigenvalue weighted by atomic mass is 9.90. The zero-order valence-corrected chi connectivity index (χ0v) is 19.4. The number of hydrogen-bond donors (Lipinski definition) is 1. The Morgan fingerprint density at radius 3 is 2.42 bits per heavy atom. The van der Waals surface area contributed by atoms with Crippen LogP contribution in [-0.4, -0.2) is 48.5 Å². The van der Waals surface area contributed by atoms with Gasteiger partial charge in [-0.25, -0.2) is 8.42 Å². The van der Waals surface area contributed by atoms with Gasteiger partial charge in [-0.2, -0.15) is 16.1 Å². The van der Waals surface area contributed by atoms with Crippen LogP contribution in [0.25, 0.3) is 0 Å². The maximum atomic E-state index is 13.5. The van der Waals surface area contributed by atoms with Crippen LogP contribution in [0.15, 0.2) is 59.5 Å². The van der Waals surface area contributed by atoms with E-state index in [4.69, 9.17) is 4.74 Å². The minimum atomic E-state index is -3.86. The van der Waals surface area contributed by atoms with Gasteiger partial charge in [-0.15, -0.1) is 0 Å². The van der Waals surface area contributed by atoms with Crippen molar-refractivity contribution in [1.82, 2.24) is 4.31 Å². The molecule has 0 amide bonds. The van der Waals surface area contributed by atoms with Gasteiger partial charge in [0.05, 0.1) is 24.0 Å². The van der Waals surface area contributed by atoms with E-state index >= 15 is 0 Å². The molecule has 3 atom stereocenters. The van der Waals surface area contributed by atoms with E-state index in [1.807, 2.05) is 24.3 Å². The molecule has 1 N–H and O–H groups in total. The number of hydrogen-bond acceptors (Lipinski definition) is 5. The molecular formula is C23H29NO5S2. The summed E-state index contributed by atoms with van der Waals surface area (Å²) in [5.41, 5.74) is 0.838. The van der Waals surface area contributed by atoms with Gasteiger partial charge < -0.3 is 9.84 Å². The lowest BCUT2D eigenvalue weighted by molar-refractivity contribution is -0.143. The highest BCUT2D eigenvalue weighted by atomic mass is 32.2. The quantitative estimate of drug-likeness (QED) is 0.554. The second kappa shape index (κ2) is 10.5. The molecule has 0 saturated carbocycles. The Labute approximate surface area is 188 Å². The number of unbranched alkanes of at least 4 members (excludes halogenated alkanes) is 1. The number of carbonyl (C=O) groups is 1. The first-order valence-corrected chi connectivity index (χ1v) is 12.9. The van der Waals surface area contributed by atoms with Gasteiger partial charge in [0.1, 0.15) is 5.75 Å². The molecule has 1 saturated heterocycles. The molecule has 1 aliphatic rings. The predicted octanol–water partition coefficient (Wildman–Crippen LogP) is 4.43. The minimum absolute atomic E-state index is 0.0486. The van der Waals surface area contributed by atoms with Crippen molar-refractivity contribution in [2.45, 2.75) is 42.4 Å². The van der Waals surface area contributed by atoms with Gasteiger partial charge in [0.2, 0.25) is 10.0 Å². The summed E-state index contributed by atoms with van der Waals surface area (Å²) in [5.74, 6) is -0.147. The predicted molar refractivity (Wildman–Crippen MR) is 123 cm³/mol. The average Bonchev–Trinajstić information content (AvgIpc) is 2.79. The third-order valence-corrected chi connectivity index (χ3v) is 8.99. The molecule has 2 aromatic rings. The highest BCUT2D eigenvalue weighted by Crippen LogP contribution is 2.42. The molecule has 1 heterocycles. The van der Waals surface area contributed by atoms with Crippen molar-refractivity contribution >= 4 is 27.8 Å². The SMILES string of the molecule is CCCCS[C@@H]1C[C@@H](c2ccc(OC)cc2)N(S(=O)(=O)c2ccccc2)C[C@H]1C(=O)O. The molecule has 0 radical (unpaired) electrons. The van der Waals surface area contributed by atoms with E-state index in [1.54, 1.807) is 49.2 Å². The molecule has 0 spiro atoms. The van der Waals surface area contributed by atoms with Crippen molar-refractivity contribution < 1.29 is 23.1 Å². The Hall–Kier alpha value is -2.03. The topological polar surface area (TPSA) is 83.9 Å². The van der Waals surface area contributed by atoms with Crippen LogP contribution in [0.5, 0.6) is 5.75 Å². The number of piperidine rings is 1. The number of carboxylic acids is 1. The fourth-order valence-corrected chi connectivity index (χ4v) is 7.05. The zero-order valence-electron chi connectivity index (χ0n) is 17.8. The van der Waals surface area contributed by atoms with Gasteiger partial charge >= 0.3 is 5.97 Å². The number of rotatable bonds is 9. The van der Waals surface area contributed by atoms with Gasteiger partial charge in [-0.3, -0.25) is 4.79 Å². The van der Waals surface area contributed by atoms with Crippen molar-refractivity contribution in [3.63, 3.8) is 0 Å². The fraction of sp³-hybridized carbons (Fsp3) is 0.435. The number of sulfonamides is 1. The highest BCUT2D eigenvalue weighted by molar-refractivity contribution is 7.99. The monoisotopic (exact) mass is 463 g/mol. The Bertz CT molecular complexity index is 963. The first-order valence-electron chi connectivity index (χ1n) is 10.4. The molecule has 1 aliphatic heterocycles. The van der Waals surface area contributed by atoms with Crippen LogP contribution in [0.1, 0.15) is 37.8 Å². The first kappa shape index (κ1) is 23.6. The number of benzene rings is 2. The second-order valence-electron chi connectivity index (χ2n) is 7.62. The smallest absolute Gasteiger partial charge is 0.308 e. The van der Waals surface area contributed by atoms with Crippen molar-refractivity contribution in [1.29, 1.82) is 0 Å². The van der Waals surface area contributed by atoms with Crippen LogP contribution in [0.2, 0.25) is 0 Å². The van der Waals surface area contributed by atoms with Gasteiger partial charge in [0.15, 0.2) is 0 Å². The molecule has 0 unspecified atom stereocenters. The summed E-state index contributed by atoms with van der Waals surface area (Å²) in [7, 11) is -2.28. The maximum Gasteiger partial charge on any atom is 0.308 e. The van der Waals surface area contributed by atoms with Gasteiger partial charge in [0.25, 0.3) is 0 Å². The maximum absolute atomic E-state index is 13.5. The number of carboxylic acid groups (broad SMARTS) is 1. The van der Waals surface area contributed by atoms with E-state index in [0.717, 1.165) is 24.2 Å². The van der Waals surface area contributed by atoms with Crippen LogP contribution in [-0.2, 0) is 14.8 Å². The standard InChI is InChI=1S/C23H29NO5S2/c1-3-4-14-30-22-15-21(17-10-12-18(29-2)13-11-17)24(16-20(22)23(25)26)31(27,28)19-8-6-5-7-9-19/h5-13,20-22H,3-4,14-16H2,1-2H3,(H,25,26)/t20-,21+,22-/m1/s1. The van der Waals surface area contributed by atoms with Gasteiger partial charge in [0, 0.05) is 11.8 Å². The van der Waals surface area contributed by atoms with E-state index < -0.39 is 28.0 Å². The summed E-state index contributed by atoms with van der Waals surface area (Å²) in [6.45, 7) is 2.05. The van der Waals surface area contributed by atoms with Crippen molar-refractivity contribution in [3.05, 3.63) is 60.2 Å². The average molecular weight is 464 g/mol. The van der Waals surface area contributed by atoms with Crippen LogP contribution in [0, 0.1) is 5.92 Å². The fourth-order valence-electron chi connectivity index (χ4n) is 3.86. The summed E-state index contributed by atoms with van der Waals surface area (Å²) >= 11 is 1.65. The number of thioether (sulfide) groups is 1. The summed E-state index contributed by atoms with van der Waals surface area (Å²) in [6.07, 6.45) is 2.49. The third-order valence-electron chi connectivity index (χ3n) is 5.63. The summed E-state index contributed by atoms with van der Waals surface area (Å²) < 4.78 is 33.7. The summed E-state index contributed by atoms with van der Waals surface area (Å²) in [6, 6.07) is 15.1. The van der Waals surface area contributed by atoms with Crippen LogP contribution in [0.4, 0.5) is 0 Å². The lowest BCUT2D eigenvalue weighted by Gasteiger charge is -2.41. The van der Waals surface area contributed by atoms with Crippen molar-refractivity contribution in [3.8, 4) is 5.75 Å². The molecule has 168 valence electrons. The minimum Gasteiger partial charge on any atom is -0.497 e. The van der Waals surface area contributed by atoms with Crippen LogP contribution in [0.3, 0.4) is 0 Å². The summed E-state index contributed by atoms with van der Waals surface area (Å²) in [4.78, 5) is 12.3. The second-order valence-corrected chi connectivity index (χ2v) is 10.9. The third kappa shape index (κ3) is 5.42. The first-order chi connectivity index (χ1) is 14.9. The molecule has 3 rings (SSSR count).